The number of aryl methyl sites for hydroxylation is 2. The topological polar surface area (TPSA) is 95.2 Å². The van der Waals surface area contributed by atoms with E-state index >= 15 is 0 Å². The Morgan fingerprint density at radius 2 is 1.97 bits per heavy atom. The quantitative estimate of drug-likeness (QED) is 0.659. The molecule has 0 bridgehead atoms. The molecule has 1 amide bonds. The summed E-state index contributed by atoms with van der Waals surface area (Å²) in [5.74, 6) is -0.120. The van der Waals surface area contributed by atoms with Crippen molar-refractivity contribution in [1.29, 1.82) is 0 Å². The highest BCUT2D eigenvalue weighted by Crippen LogP contribution is 2.24. The van der Waals surface area contributed by atoms with Gasteiger partial charge in [-0.25, -0.2) is 14.3 Å². The van der Waals surface area contributed by atoms with Gasteiger partial charge in [-0.3, -0.25) is 14.2 Å². The Morgan fingerprint density at radius 1 is 1.24 bits per heavy atom. The van der Waals surface area contributed by atoms with Crippen molar-refractivity contribution >= 4 is 28.5 Å². The molecule has 0 unspecified atom stereocenters. The standard InChI is InChI=1S/C20H21ClN4O4/c1-4-12-9-23-18-16(17(12)29-3)19(27)25(20(28)24(18)2)11-15(26)22-10-13-7-5-6-8-14(13)21/h5-9H,4,10-11H2,1-3H3,(H,22,26). The van der Waals surface area contributed by atoms with Crippen molar-refractivity contribution in [2.45, 2.75) is 26.4 Å². The number of rotatable bonds is 6. The number of hydrogen-bond donors (Lipinski definition) is 1. The van der Waals surface area contributed by atoms with Gasteiger partial charge < -0.3 is 10.1 Å². The van der Waals surface area contributed by atoms with Crippen LogP contribution in [0.15, 0.2) is 40.1 Å². The van der Waals surface area contributed by atoms with Gasteiger partial charge in [0.05, 0.1) is 7.11 Å². The Morgan fingerprint density at radius 3 is 2.62 bits per heavy atom. The summed E-state index contributed by atoms with van der Waals surface area (Å²) in [4.78, 5) is 42.4. The lowest BCUT2D eigenvalue weighted by molar-refractivity contribution is -0.121. The largest absolute Gasteiger partial charge is 0.495 e. The summed E-state index contributed by atoms with van der Waals surface area (Å²) < 4.78 is 7.54. The van der Waals surface area contributed by atoms with Crippen LogP contribution < -0.4 is 21.3 Å². The lowest BCUT2D eigenvalue weighted by Crippen LogP contribution is -2.43. The van der Waals surface area contributed by atoms with E-state index in [-0.39, 0.29) is 17.6 Å². The van der Waals surface area contributed by atoms with Gasteiger partial charge in [0.15, 0.2) is 5.65 Å². The number of carbonyl (C=O) groups excluding carboxylic acids is 1. The van der Waals surface area contributed by atoms with Crippen molar-refractivity contribution in [3.63, 3.8) is 0 Å². The van der Waals surface area contributed by atoms with E-state index < -0.39 is 23.7 Å². The summed E-state index contributed by atoms with van der Waals surface area (Å²) in [5.41, 5.74) is 0.441. The van der Waals surface area contributed by atoms with E-state index in [1.807, 2.05) is 13.0 Å². The predicted octanol–water partition coefficient (Wildman–Crippen LogP) is 1.64. The van der Waals surface area contributed by atoms with E-state index in [2.05, 4.69) is 10.3 Å². The lowest BCUT2D eigenvalue weighted by Gasteiger charge is -2.14. The summed E-state index contributed by atoms with van der Waals surface area (Å²) >= 11 is 6.09. The number of halogens is 1. The molecule has 0 fully saturated rings. The molecule has 0 spiro atoms. The van der Waals surface area contributed by atoms with E-state index in [0.29, 0.717) is 17.2 Å². The minimum Gasteiger partial charge on any atom is -0.495 e. The Kier molecular flexibility index (Phi) is 6.03. The molecular weight excluding hydrogens is 396 g/mol. The summed E-state index contributed by atoms with van der Waals surface area (Å²) in [5, 5.41) is 3.38. The molecule has 0 saturated carbocycles. The third-order valence-corrected chi connectivity index (χ3v) is 5.07. The van der Waals surface area contributed by atoms with Crippen molar-refractivity contribution in [3.8, 4) is 5.75 Å². The van der Waals surface area contributed by atoms with Gasteiger partial charge in [-0.2, -0.15) is 0 Å². The third-order valence-electron chi connectivity index (χ3n) is 4.70. The van der Waals surface area contributed by atoms with E-state index in [0.717, 1.165) is 15.7 Å². The maximum atomic E-state index is 13.0. The van der Waals surface area contributed by atoms with Crippen LogP contribution in [-0.2, 0) is 31.4 Å². The fourth-order valence-corrected chi connectivity index (χ4v) is 3.33. The molecule has 3 aromatic rings. The molecule has 1 N–H and O–H groups in total. The maximum Gasteiger partial charge on any atom is 0.332 e. The van der Waals surface area contributed by atoms with E-state index in [1.54, 1.807) is 24.4 Å². The molecule has 2 aromatic heterocycles. The number of methoxy groups -OCH3 is 1. The second-order valence-corrected chi connectivity index (χ2v) is 6.88. The minimum absolute atomic E-state index is 0.174. The zero-order valence-corrected chi connectivity index (χ0v) is 17.1. The summed E-state index contributed by atoms with van der Waals surface area (Å²) in [7, 11) is 2.96. The third kappa shape index (κ3) is 3.88. The molecule has 0 aliphatic rings. The molecule has 0 aliphatic carbocycles. The highest BCUT2D eigenvalue weighted by Gasteiger charge is 2.20. The van der Waals surface area contributed by atoms with Crippen LogP contribution in [-0.4, -0.2) is 27.1 Å². The number of fused-ring (bicyclic) bond motifs is 1. The zero-order chi connectivity index (χ0) is 21.1. The molecule has 8 nitrogen and oxygen atoms in total. The first-order chi connectivity index (χ1) is 13.9. The molecule has 0 atom stereocenters. The molecule has 0 saturated heterocycles. The number of ether oxygens (including phenoxy) is 1. The smallest absolute Gasteiger partial charge is 0.332 e. The number of pyridine rings is 1. The molecule has 0 aliphatic heterocycles. The Labute approximate surface area is 171 Å². The van der Waals surface area contributed by atoms with Gasteiger partial charge in [-0.05, 0) is 18.1 Å². The molecule has 29 heavy (non-hydrogen) atoms. The van der Waals surface area contributed by atoms with E-state index in [1.165, 1.54) is 18.7 Å². The number of aromatic nitrogens is 3. The molecule has 152 valence electrons. The molecule has 0 radical (unpaired) electrons. The molecule has 9 heteroatoms. The zero-order valence-electron chi connectivity index (χ0n) is 16.4. The normalized spacial score (nSPS) is 10.9. The van der Waals surface area contributed by atoms with Crippen molar-refractivity contribution in [2.24, 2.45) is 7.05 Å². The summed E-state index contributed by atoms with van der Waals surface area (Å²) in [6.45, 7) is 1.67. The number of amides is 1. The molecule has 1 aromatic carbocycles. The second-order valence-electron chi connectivity index (χ2n) is 6.47. The van der Waals surface area contributed by atoms with Crippen LogP contribution in [0.2, 0.25) is 5.02 Å². The first-order valence-corrected chi connectivity index (χ1v) is 9.42. The predicted molar refractivity (Wildman–Crippen MR) is 110 cm³/mol. The average molecular weight is 417 g/mol. The number of hydrogen-bond acceptors (Lipinski definition) is 5. The lowest BCUT2D eigenvalue weighted by atomic mass is 10.1. The van der Waals surface area contributed by atoms with Crippen molar-refractivity contribution in [2.75, 3.05) is 7.11 Å². The summed E-state index contributed by atoms with van der Waals surface area (Å²) in [6, 6.07) is 7.10. The number of benzene rings is 1. The van der Waals surface area contributed by atoms with Crippen LogP contribution in [0.5, 0.6) is 5.75 Å². The highest BCUT2D eigenvalue weighted by atomic mass is 35.5. The number of nitrogens with zero attached hydrogens (tertiary/aromatic N) is 3. The van der Waals surface area contributed by atoms with Gasteiger partial charge in [-0.1, -0.05) is 36.7 Å². The first kappa shape index (κ1) is 20.6. The van der Waals surface area contributed by atoms with Crippen molar-refractivity contribution in [1.82, 2.24) is 19.4 Å². The van der Waals surface area contributed by atoms with Gasteiger partial charge in [0.2, 0.25) is 5.91 Å². The van der Waals surface area contributed by atoms with Crippen LogP contribution in [0.4, 0.5) is 0 Å². The van der Waals surface area contributed by atoms with Gasteiger partial charge in [-0.15, -0.1) is 0 Å². The van der Waals surface area contributed by atoms with Gasteiger partial charge in [0.25, 0.3) is 5.56 Å². The van der Waals surface area contributed by atoms with Gasteiger partial charge in [0, 0.05) is 30.4 Å². The Bertz CT molecular complexity index is 1200. The van der Waals surface area contributed by atoms with Crippen LogP contribution in [0, 0.1) is 0 Å². The van der Waals surface area contributed by atoms with Gasteiger partial charge in [0.1, 0.15) is 17.7 Å². The van der Waals surface area contributed by atoms with E-state index in [4.69, 9.17) is 16.3 Å². The molecule has 2 heterocycles. The van der Waals surface area contributed by atoms with Crippen molar-refractivity contribution < 1.29 is 9.53 Å². The fraction of sp³-hybridized carbons (Fsp3) is 0.300. The first-order valence-electron chi connectivity index (χ1n) is 9.04. The fourth-order valence-electron chi connectivity index (χ4n) is 3.12. The maximum absolute atomic E-state index is 13.0. The second kappa shape index (κ2) is 8.48. The SMILES string of the molecule is CCc1cnc2c(c1OC)c(=O)n(CC(=O)NCc1ccccc1Cl)c(=O)n2C. The number of nitrogens with one attached hydrogen (secondary N) is 1. The number of carbonyl (C=O) groups is 1. The van der Waals surface area contributed by atoms with Crippen LogP contribution >= 0.6 is 11.6 Å². The van der Waals surface area contributed by atoms with Crippen LogP contribution in [0.1, 0.15) is 18.1 Å². The highest BCUT2D eigenvalue weighted by molar-refractivity contribution is 6.31. The molecular formula is C20H21ClN4O4. The summed E-state index contributed by atoms with van der Waals surface area (Å²) in [6.07, 6.45) is 2.19. The molecule has 3 rings (SSSR count). The van der Waals surface area contributed by atoms with E-state index in [9.17, 15) is 14.4 Å². The van der Waals surface area contributed by atoms with Crippen molar-refractivity contribution in [3.05, 3.63) is 67.4 Å². The van der Waals surface area contributed by atoms with Gasteiger partial charge >= 0.3 is 5.69 Å². The van der Waals surface area contributed by atoms with Crippen LogP contribution in [0.3, 0.4) is 0 Å². The Balaban J connectivity index is 1.99. The minimum atomic E-state index is -0.630. The van der Waals surface area contributed by atoms with Crippen LogP contribution in [0.25, 0.3) is 11.0 Å². The average Bonchev–Trinajstić information content (AvgIpc) is 2.73. The Hall–Kier alpha value is -3.13. The monoisotopic (exact) mass is 416 g/mol.